The second-order valence-electron chi connectivity index (χ2n) is 7.24. The number of piperidine rings is 1. The Balaban J connectivity index is 0.00000338. The van der Waals surface area contributed by atoms with Crippen molar-refractivity contribution in [1.29, 1.82) is 0 Å². The van der Waals surface area contributed by atoms with E-state index in [1.807, 2.05) is 17.0 Å². The molecule has 0 bridgehead atoms. The summed E-state index contributed by atoms with van der Waals surface area (Å²) in [4.78, 5) is 17.2. The lowest BCUT2D eigenvalue weighted by Crippen LogP contribution is -2.44. The van der Waals surface area contributed by atoms with Gasteiger partial charge in [0.2, 0.25) is 5.91 Å². The Bertz CT molecular complexity index is 583. The Labute approximate surface area is 173 Å². The van der Waals surface area contributed by atoms with Crippen molar-refractivity contribution in [3.8, 4) is 0 Å². The first kappa shape index (κ1) is 23.5. The molecule has 1 aliphatic heterocycles. The normalized spacial score (nSPS) is 19.9. The van der Waals surface area contributed by atoms with Crippen LogP contribution in [0.5, 0.6) is 0 Å². The smallest absolute Gasteiger partial charge is 0.226 e. The maximum Gasteiger partial charge on any atom is 0.226 e. The molecule has 1 fully saturated rings. The van der Waals surface area contributed by atoms with Gasteiger partial charge >= 0.3 is 0 Å². The lowest BCUT2D eigenvalue weighted by atomic mass is 9.91. The third-order valence-corrected chi connectivity index (χ3v) is 5.41. The summed E-state index contributed by atoms with van der Waals surface area (Å²) < 4.78 is 0. The minimum Gasteiger partial charge on any atom is -0.338 e. The molecule has 2 atom stereocenters. The number of hydrogen-bond acceptors (Lipinski definition) is 3. The van der Waals surface area contributed by atoms with E-state index in [0.717, 1.165) is 44.5 Å². The van der Waals surface area contributed by atoms with Gasteiger partial charge in [0.15, 0.2) is 0 Å². The number of carbonyl (C=O) groups is 1. The van der Waals surface area contributed by atoms with Crippen molar-refractivity contribution in [2.75, 3.05) is 33.7 Å². The molecule has 0 radical (unpaired) electrons. The van der Waals surface area contributed by atoms with Crippen LogP contribution in [0.1, 0.15) is 31.7 Å². The van der Waals surface area contributed by atoms with E-state index in [1.54, 1.807) is 6.07 Å². The molecule has 0 spiro atoms. The highest BCUT2D eigenvalue weighted by atomic mass is 35.5. The van der Waals surface area contributed by atoms with E-state index >= 15 is 0 Å². The fourth-order valence-electron chi connectivity index (χ4n) is 3.32. The zero-order valence-corrected chi connectivity index (χ0v) is 18.1. The summed E-state index contributed by atoms with van der Waals surface area (Å²) in [6.45, 7) is 5.37. The molecule has 2 rings (SSSR count). The van der Waals surface area contributed by atoms with Gasteiger partial charge in [-0.15, -0.1) is 12.4 Å². The van der Waals surface area contributed by atoms with Crippen molar-refractivity contribution in [1.82, 2.24) is 15.1 Å². The van der Waals surface area contributed by atoms with Crippen molar-refractivity contribution >= 4 is 41.5 Å². The van der Waals surface area contributed by atoms with E-state index in [-0.39, 0.29) is 24.2 Å². The Morgan fingerprint density at radius 3 is 2.58 bits per heavy atom. The van der Waals surface area contributed by atoms with Crippen molar-refractivity contribution < 1.29 is 4.79 Å². The fourth-order valence-corrected chi connectivity index (χ4v) is 3.64. The highest BCUT2D eigenvalue weighted by molar-refractivity contribution is 6.42. The van der Waals surface area contributed by atoms with E-state index < -0.39 is 0 Å². The molecule has 4 nitrogen and oxygen atoms in total. The van der Waals surface area contributed by atoms with E-state index in [4.69, 9.17) is 23.2 Å². The quantitative estimate of drug-likeness (QED) is 0.719. The summed E-state index contributed by atoms with van der Waals surface area (Å²) in [6.07, 6.45) is 2.78. The lowest BCUT2D eigenvalue weighted by Gasteiger charge is -2.32. The molecule has 0 aromatic heterocycles. The number of nitrogens with zero attached hydrogens (tertiary/aromatic N) is 2. The molecule has 1 aliphatic rings. The van der Waals surface area contributed by atoms with Crippen LogP contribution in [0.4, 0.5) is 0 Å². The predicted octanol–water partition coefficient (Wildman–Crippen LogP) is 4.08. The molecule has 1 amide bonds. The predicted molar refractivity (Wildman–Crippen MR) is 112 cm³/mol. The summed E-state index contributed by atoms with van der Waals surface area (Å²) in [5, 5.41) is 4.50. The molecule has 148 valence electrons. The average molecular weight is 423 g/mol. The van der Waals surface area contributed by atoms with E-state index in [1.165, 1.54) is 0 Å². The van der Waals surface area contributed by atoms with Crippen LogP contribution in [0.3, 0.4) is 0 Å². The number of benzene rings is 1. The zero-order chi connectivity index (χ0) is 18.4. The SMILES string of the molecule is C[C@H]1C[C@@H](C(=O)N(CCCN(C)C)Cc2ccc(Cl)c(Cl)c2)CCN1.Cl. The number of carbonyl (C=O) groups excluding carboxylic acids is 1. The summed E-state index contributed by atoms with van der Waals surface area (Å²) in [5.74, 6) is 0.372. The first-order valence-electron chi connectivity index (χ1n) is 8.97. The van der Waals surface area contributed by atoms with Crippen LogP contribution in [0.2, 0.25) is 10.0 Å². The summed E-state index contributed by atoms with van der Waals surface area (Å²) >= 11 is 12.2. The molecule has 0 saturated carbocycles. The van der Waals surface area contributed by atoms with Crippen LogP contribution in [-0.2, 0) is 11.3 Å². The van der Waals surface area contributed by atoms with Gasteiger partial charge in [-0.25, -0.2) is 0 Å². The lowest BCUT2D eigenvalue weighted by molar-refractivity contribution is -0.137. The number of halogens is 3. The zero-order valence-electron chi connectivity index (χ0n) is 15.8. The third kappa shape index (κ3) is 7.24. The molecular formula is C19H30Cl3N3O. The van der Waals surface area contributed by atoms with Gasteiger partial charge in [-0.1, -0.05) is 29.3 Å². The molecule has 1 aromatic rings. The van der Waals surface area contributed by atoms with Crippen LogP contribution >= 0.6 is 35.6 Å². The third-order valence-electron chi connectivity index (χ3n) is 4.68. The molecule has 0 aliphatic carbocycles. The Morgan fingerprint density at radius 2 is 1.96 bits per heavy atom. The Hall–Kier alpha value is -0.520. The van der Waals surface area contributed by atoms with E-state index in [9.17, 15) is 4.79 Å². The van der Waals surface area contributed by atoms with Gasteiger partial charge in [0.05, 0.1) is 10.0 Å². The largest absolute Gasteiger partial charge is 0.338 e. The fraction of sp³-hybridized carbons (Fsp3) is 0.632. The minimum absolute atomic E-state index is 0. The van der Waals surface area contributed by atoms with Crippen LogP contribution < -0.4 is 5.32 Å². The minimum atomic E-state index is 0. The highest BCUT2D eigenvalue weighted by Crippen LogP contribution is 2.25. The van der Waals surface area contributed by atoms with Crippen molar-refractivity contribution in [3.05, 3.63) is 33.8 Å². The molecule has 1 saturated heterocycles. The topological polar surface area (TPSA) is 35.6 Å². The van der Waals surface area contributed by atoms with Gasteiger partial charge in [0, 0.05) is 25.0 Å². The second kappa shape index (κ2) is 11.4. The van der Waals surface area contributed by atoms with Gasteiger partial charge in [-0.3, -0.25) is 4.79 Å². The van der Waals surface area contributed by atoms with Gasteiger partial charge in [-0.2, -0.15) is 0 Å². The number of hydrogen-bond donors (Lipinski definition) is 1. The van der Waals surface area contributed by atoms with Gasteiger partial charge in [-0.05, 0) is 71.1 Å². The van der Waals surface area contributed by atoms with Crippen LogP contribution in [-0.4, -0.2) is 55.5 Å². The van der Waals surface area contributed by atoms with Crippen molar-refractivity contribution in [2.45, 2.75) is 38.8 Å². The van der Waals surface area contributed by atoms with Gasteiger partial charge in [0.1, 0.15) is 0 Å². The van der Waals surface area contributed by atoms with Crippen molar-refractivity contribution in [3.63, 3.8) is 0 Å². The molecule has 26 heavy (non-hydrogen) atoms. The highest BCUT2D eigenvalue weighted by Gasteiger charge is 2.28. The van der Waals surface area contributed by atoms with E-state index in [2.05, 4.69) is 31.2 Å². The molecule has 7 heteroatoms. The van der Waals surface area contributed by atoms with Crippen molar-refractivity contribution in [2.24, 2.45) is 5.92 Å². The first-order chi connectivity index (χ1) is 11.9. The molecule has 1 aromatic carbocycles. The summed E-state index contributed by atoms with van der Waals surface area (Å²) in [5.41, 5.74) is 1.02. The molecule has 1 N–H and O–H groups in total. The van der Waals surface area contributed by atoms with Crippen LogP contribution in [0.15, 0.2) is 18.2 Å². The standard InChI is InChI=1S/C19H29Cl2N3O.ClH/c1-14-11-16(7-8-22-14)19(25)24(10-4-9-23(2)3)13-15-5-6-17(20)18(21)12-15;/h5-6,12,14,16,22H,4,7-11,13H2,1-3H3;1H/t14-,16-;/m0./s1. The average Bonchev–Trinajstić information content (AvgIpc) is 2.56. The monoisotopic (exact) mass is 421 g/mol. The van der Waals surface area contributed by atoms with Gasteiger partial charge < -0.3 is 15.1 Å². The number of amides is 1. The molecule has 0 unspecified atom stereocenters. The van der Waals surface area contributed by atoms with Gasteiger partial charge in [0.25, 0.3) is 0 Å². The molecule has 1 heterocycles. The summed E-state index contributed by atoms with van der Waals surface area (Å²) in [6, 6.07) is 6.01. The molecular weight excluding hydrogens is 393 g/mol. The van der Waals surface area contributed by atoms with Crippen LogP contribution in [0, 0.1) is 5.92 Å². The number of nitrogens with one attached hydrogen (secondary N) is 1. The first-order valence-corrected chi connectivity index (χ1v) is 9.73. The summed E-state index contributed by atoms with van der Waals surface area (Å²) in [7, 11) is 4.11. The Morgan fingerprint density at radius 1 is 1.23 bits per heavy atom. The number of rotatable bonds is 7. The second-order valence-corrected chi connectivity index (χ2v) is 8.06. The van der Waals surface area contributed by atoms with Crippen LogP contribution in [0.25, 0.3) is 0 Å². The van der Waals surface area contributed by atoms with E-state index in [0.29, 0.717) is 22.6 Å². The maximum absolute atomic E-state index is 13.1. The Kier molecular flexibility index (Phi) is 10.3. The maximum atomic E-state index is 13.1.